The predicted octanol–water partition coefficient (Wildman–Crippen LogP) is 3.37. The second-order valence-corrected chi connectivity index (χ2v) is 7.00. The van der Waals surface area contributed by atoms with Crippen molar-refractivity contribution in [3.05, 3.63) is 41.1 Å². The van der Waals surface area contributed by atoms with E-state index in [0.717, 1.165) is 11.3 Å². The molecule has 1 aromatic rings. The number of allylic oxidation sites excluding steroid dienone is 1. The molecule has 0 bridgehead atoms. The van der Waals surface area contributed by atoms with Gasteiger partial charge in [-0.1, -0.05) is 26.0 Å². The van der Waals surface area contributed by atoms with Gasteiger partial charge in [0, 0.05) is 23.8 Å². The first kappa shape index (κ1) is 20.9. The van der Waals surface area contributed by atoms with Crippen LogP contribution in [0.4, 0.5) is 5.69 Å². The van der Waals surface area contributed by atoms with E-state index in [1.54, 1.807) is 6.92 Å². The van der Waals surface area contributed by atoms with Crippen molar-refractivity contribution in [2.24, 2.45) is 5.92 Å². The summed E-state index contributed by atoms with van der Waals surface area (Å²) in [6, 6.07) is 6.99. The third-order valence-corrected chi connectivity index (χ3v) is 4.76. The molecule has 2 rings (SSSR count). The van der Waals surface area contributed by atoms with Gasteiger partial charge in [0.15, 0.2) is 5.11 Å². The van der Waals surface area contributed by atoms with Gasteiger partial charge in [-0.15, -0.1) is 0 Å². The van der Waals surface area contributed by atoms with Crippen molar-refractivity contribution in [2.45, 2.75) is 40.7 Å². The molecule has 1 aliphatic heterocycles. The van der Waals surface area contributed by atoms with Crippen LogP contribution in [0.15, 0.2) is 35.5 Å². The smallest absolute Gasteiger partial charge is 0.338 e. The quantitative estimate of drug-likeness (QED) is 0.574. The highest BCUT2D eigenvalue weighted by atomic mass is 32.1. The van der Waals surface area contributed by atoms with E-state index >= 15 is 0 Å². The standard InChI is InChI=1S/C20H27N3O3S/c1-6-23-13(5)16(19(25)26-7-2)17(22-20(23)27)14-9-8-10-15(11-14)21-18(24)12(3)4/h8-12,17H,6-7H2,1-5H3,(H,21,24)(H,22,27). The molecule has 0 saturated carbocycles. The van der Waals surface area contributed by atoms with E-state index in [2.05, 4.69) is 10.6 Å². The molecular formula is C20H27N3O3S. The fourth-order valence-corrected chi connectivity index (χ4v) is 3.35. The maximum atomic E-state index is 12.7. The highest BCUT2D eigenvalue weighted by molar-refractivity contribution is 7.80. The first-order valence-electron chi connectivity index (χ1n) is 9.16. The molecule has 1 aliphatic rings. The van der Waals surface area contributed by atoms with Gasteiger partial charge in [0.2, 0.25) is 5.91 Å². The number of ether oxygens (including phenoxy) is 1. The largest absolute Gasteiger partial charge is 0.463 e. The maximum absolute atomic E-state index is 12.7. The minimum Gasteiger partial charge on any atom is -0.463 e. The zero-order valence-electron chi connectivity index (χ0n) is 16.5. The SMILES string of the molecule is CCOC(=O)C1=C(C)N(CC)C(=S)NC1c1cccc(NC(=O)C(C)C)c1. The fraction of sp³-hybridized carbons (Fsp3) is 0.450. The summed E-state index contributed by atoms with van der Waals surface area (Å²) in [6.45, 7) is 10.3. The van der Waals surface area contributed by atoms with Gasteiger partial charge in [0.1, 0.15) is 0 Å². The Morgan fingerprint density at radius 2 is 2.04 bits per heavy atom. The van der Waals surface area contributed by atoms with E-state index in [-0.39, 0.29) is 17.8 Å². The summed E-state index contributed by atoms with van der Waals surface area (Å²) in [5, 5.41) is 6.69. The van der Waals surface area contributed by atoms with Crippen LogP contribution in [-0.2, 0) is 14.3 Å². The average molecular weight is 390 g/mol. The van der Waals surface area contributed by atoms with E-state index in [1.165, 1.54) is 0 Å². The van der Waals surface area contributed by atoms with Crippen molar-refractivity contribution >= 4 is 34.9 Å². The molecule has 0 fully saturated rings. The Kier molecular flexibility index (Phi) is 6.96. The number of amides is 1. The van der Waals surface area contributed by atoms with Crippen LogP contribution in [0, 0.1) is 5.92 Å². The molecule has 1 unspecified atom stereocenters. The summed E-state index contributed by atoms with van der Waals surface area (Å²) in [7, 11) is 0. The lowest BCUT2D eigenvalue weighted by Gasteiger charge is -2.37. The maximum Gasteiger partial charge on any atom is 0.338 e. The number of nitrogens with one attached hydrogen (secondary N) is 2. The molecule has 2 N–H and O–H groups in total. The van der Waals surface area contributed by atoms with Gasteiger partial charge in [0.25, 0.3) is 0 Å². The molecule has 1 heterocycles. The van der Waals surface area contributed by atoms with Crippen LogP contribution in [0.2, 0.25) is 0 Å². The van der Waals surface area contributed by atoms with Crippen molar-refractivity contribution in [1.29, 1.82) is 0 Å². The molecule has 0 aromatic heterocycles. The number of anilines is 1. The van der Waals surface area contributed by atoms with Crippen LogP contribution in [0.1, 0.15) is 46.2 Å². The number of thiocarbonyl (C=S) groups is 1. The number of esters is 1. The third kappa shape index (κ3) is 4.66. The number of hydrogen-bond donors (Lipinski definition) is 2. The highest BCUT2D eigenvalue weighted by Gasteiger charge is 2.34. The van der Waals surface area contributed by atoms with E-state index < -0.39 is 6.04 Å². The summed E-state index contributed by atoms with van der Waals surface area (Å²) in [5.74, 6) is -0.553. The molecule has 1 aromatic carbocycles. The summed E-state index contributed by atoms with van der Waals surface area (Å²) >= 11 is 5.48. The lowest BCUT2D eigenvalue weighted by molar-refractivity contribution is -0.139. The van der Waals surface area contributed by atoms with Crippen LogP contribution in [0.25, 0.3) is 0 Å². The molecule has 1 amide bonds. The normalized spacial score (nSPS) is 17.0. The first-order chi connectivity index (χ1) is 12.8. The molecule has 146 valence electrons. The number of benzene rings is 1. The average Bonchev–Trinajstić information content (AvgIpc) is 2.61. The number of hydrogen-bond acceptors (Lipinski definition) is 4. The van der Waals surface area contributed by atoms with Crippen LogP contribution in [0.3, 0.4) is 0 Å². The van der Waals surface area contributed by atoms with E-state index in [9.17, 15) is 9.59 Å². The number of carbonyl (C=O) groups excluding carboxylic acids is 2. The molecule has 6 nitrogen and oxygen atoms in total. The van der Waals surface area contributed by atoms with Gasteiger partial charge in [-0.05, 0) is 50.7 Å². The molecule has 27 heavy (non-hydrogen) atoms. The van der Waals surface area contributed by atoms with E-state index in [4.69, 9.17) is 17.0 Å². The minimum absolute atomic E-state index is 0.0613. The second-order valence-electron chi connectivity index (χ2n) is 6.62. The Hall–Kier alpha value is -2.41. The van der Waals surface area contributed by atoms with Gasteiger partial charge in [-0.25, -0.2) is 4.79 Å². The first-order valence-corrected chi connectivity index (χ1v) is 9.57. The van der Waals surface area contributed by atoms with Crippen LogP contribution >= 0.6 is 12.2 Å². The number of nitrogens with zero attached hydrogens (tertiary/aromatic N) is 1. The number of carbonyl (C=O) groups is 2. The Morgan fingerprint density at radius 1 is 1.33 bits per heavy atom. The molecule has 0 aliphatic carbocycles. The monoisotopic (exact) mass is 389 g/mol. The Labute approximate surface area is 166 Å². The molecule has 0 radical (unpaired) electrons. The van der Waals surface area contributed by atoms with Gasteiger partial charge in [-0.2, -0.15) is 0 Å². The van der Waals surface area contributed by atoms with Crippen molar-refractivity contribution in [1.82, 2.24) is 10.2 Å². The van der Waals surface area contributed by atoms with Crippen LogP contribution in [-0.4, -0.2) is 35.0 Å². The molecule has 7 heteroatoms. The third-order valence-electron chi connectivity index (χ3n) is 4.42. The van der Waals surface area contributed by atoms with Crippen LogP contribution in [0.5, 0.6) is 0 Å². The van der Waals surface area contributed by atoms with Crippen molar-refractivity contribution in [3.63, 3.8) is 0 Å². The van der Waals surface area contributed by atoms with Crippen molar-refractivity contribution in [3.8, 4) is 0 Å². The number of rotatable bonds is 6. The zero-order valence-corrected chi connectivity index (χ0v) is 17.3. The lowest BCUT2D eigenvalue weighted by Crippen LogP contribution is -2.47. The molecule has 1 atom stereocenters. The fourth-order valence-electron chi connectivity index (χ4n) is 2.97. The lowest BCUT2D eigenvalue weighted by atomic mass is 9.94. The Bertz CT molecular complexity index is 773. The Morgan fingerprint density at radius 3 is 2.63 bits per heavy atom. The second kappa shape index (κ2) is 8.99. The molecular weight excluding hydrogens is 362 g/mol. The van der Waals surface area contributed by atoms with E-state index in [0.29, 0.717) is 29.5 Å². The molecule has 0 saturated heterocycles. The van der Waals surface area contributed by atoms with Gasteiger partial charge < -0.3 is 20.3 Å². The van der Waals surface area contributed by atoms with Gasteiger partial charge >= 0.3 is 5.97 Å². The molecule has 0 spiro atoms. The minimum atomic E-state index is -0.435. The Balaban J connectivity index is 2.45. The summed E-state index contributed by atoms with van der Waals surface area (Å²) in [4.78, 5) is 26.5. The van der Waals surface area contributed by atoms with Crippen LogP contribution < -0.4 is 10.6 Å². The van der Waals surface area contributed by atoms with Gasteiger partial charge in [0.05, 0.1) is 18.2 Å². The summed E-state index contributed by atoms with van der Waals surface area (Å²) < 4.78 is 5.28. The zero-order chi connectivity index (χ0) is 20.1. The van der Waals surface area contributed by atoms with Crippen molar-refractivity contribution < 1.29 is 14.3 Å². The van der Waals surface area contributed by atoms with Gasteiger partial charge in [-0.3, -0.25) is 4.79 Å². The van der Waals surface area contributed by atoms with E-state index in [1.807, 2.05) is 56.9 Å². The summed E-state index contributed by atoms with van der Waals surface area (Å²) in [6.07, 6.45) is 0. The highest BCUT2D eigenvalue weighted by Crippen LogP contribution is 2.32. The topological polar surface area (TPSA) is 70.7 Å². The summed E-state index contributed by atoms with van der Waals surface area (Å²) in [5.41, 5.74) is 2.82. The van der Waals surface area contributed by atoms with Crippen molar-refractivity contribution in [2.75, 3.05) is 18.5 Å². The predicted molar refractivity (Wildman–Crippen MR) is 110 cm³/mol.